The van der Waals surface area contributed by atoms with E-state index in [0.29, 0.717) is 10.6 Å². The van der Waals surface area contributed by atoms with Crippen LogP contribution in [0.5, 0.6) is 0 Å². The summed E-state index contributed by atoms with van der Waals surface area (Å²) < 4.78 is 1.61. The van der Waals surface area contributed by atoms with Gasteiger partial charge in [0, 0.05) is 23.0 Å². The number of aromatic carboxylic acids is 1. The second-order valence-electron chi connectivity index (χ2n) is 3.48. The molecule has 1 aromatic heterocycles. The van der Waals surface area contributed by atoms with E-state index in [2.05, 4.69) is 0 Å². The number of carboxylic acids is 1. The molecule has 0 radical (unpaired) electrons. The van der Waals surface area contributed by atoms with Crippen LogP contribution in [-0.4, -0.2) is 10.5 Å². The van der Waals surface area contributed by atoms with Crippen molar-refractivity contribution in [3.63, 3.8) is 0 Å². The van der Waals surface area contributed by atoms with Gasteiger partial charge in [0.25, 0.3) is 0 Å². The normalized spacial score (nSPS) is 10.9. The van der Waals surface area contributed by atoms with Crippen LogP contribution in [0.1, 0.15) is 16.1 Å². The highest BCUT2D eigenvalue weighted by Crippen LogP contribution is 2.26. The van der Waals surface area contributed by atoms with E-state index < -0.39 is 5.97 Å². The summed E-state index contributed by atoms with van der Waals surface area (Å²) in [5.74, 6) is -1.16. The van der Waals surface area contributed by atoms with Gasteiger partial charge in [-0.25, -0.2) is 0 Å². The SMILES string of the molecule is Cc1c(C(=O)[O-])n(C)c2ccc(Cl)cc12. The van der Waals surface area contributed by atoms with Crippen molar-refractivity contribution in [3.8, 4) is 0 Å². The minimum absolute atomic E-state index is 0.201. The van der Waals surface area contributed by atoms with Gasteiger partial charge in [0.1, 0.15) is 0 Å². The van der Waals surface area contributed by atoms with Crippen LogP contribution in [0.25, 0.3) is 10.9 Å². The van der Waals surface area contributed by atoms with E-state index in [9.17, 15) is 9.90 Å². The van der Waals surface area contributed by atoms with Crippen molar-refractivity contribution in [1.82, 2.24) is 4.57 Å². The van der Waals surface area contributed by atoms with Gasteiger partial charge in [-0.3, -0.25) is 0 Å². The summed E-state index contributed by atoms with van der Waals surface area (Å²) in [4.78, 5) is 10.9. The summed E-state index contributed by atoms with van der Waals surface area (Å²) in [6.07, 6.45) is 0. The minimum Gasteiger partial charge on any atom is -0.543 e. The van der Waals surface area contributed by atoms with Gasteiger partial charge in [0.15, 0.2) is 0 Å². The van der Waals surface area contributed by atoms with Crippen molar-refractivity contribution < 1.29 is 9.90 Å². The molecule has 0 fully saturated rings. The number of halogens is 1. The summed E-state index contributed by atoms with van der Waals surface area (Å²) in [6, 6.07) is 5.30. The van der Waals surface area contributed by atoms with Gasteiger partial charge in [0.2, 0.25) is 0 Å². The number of hydrogen-bond donors (Lipinski definition) is 0. The van der Waals surface area contributed by atoms with Crippen LogP contribution < -0.4 is 5.11 Å². The molecule has 78 valence electrons. The quantitative estimate of drug-likeness (QED) is 0.734. The predicted octanol–water partition coefficient (Wildman–Crippen LogP) is 1.50. The van der Waals surface area contributed by atoms with Gasteiger partial charge >= 0.3 is 0 Å². The smallest absolute Gasteiger partial charge is 0.0883 e. The van der Waals surface area contributed by atoms with Crippen LogP contribution in [-0.2, 0) is 7.05 Å². The molecule has 0 bridgehead atoms. The van der Waals surface area contributed by atoms with E-state index in [4.69, 9.17) is 11.6 Å². The van der Waals surface area contributed by atoms with Crippen LogP contribution in [0.4, 0.5) is 0 Å². The first-order chi connectivity index (χ1) is 7.02. The molecule has 1 heterocycles. The average molecular weight is 223 g/mol. The summed E-state index contributed by atoms with van der Waals surface area (Å²) in [5.41, 5.74) is 1.73. The number of nitrogens with zero attached hydrogens (tertiary/aromatic N) is 1. The number of benzene rings is 1. The van der Waals surface area contributed by atoms with Crippen molar-refractivity contribution >= 4 is 28.5 Å². The molecule has 0 aliphatic heterocycles. The number of rotatable bonds is 1. The number of carbonyl (C=O) groups is 1. The van der Waals surface area contributed by atoms with Crippen molar-refractivity contribution in [2.45, 2.75) is 6.92 Å². The van der Waals surface area contributed by atoms with Gasteiger partial charge in [0.05, 0.1) is 11.7 Å². The number of carbonyl (C=O) groups excluding carboxylic acids is 1. The van der Waals surface area contributed by atoms with Gasteiger partial charge in [-0.2, -0.15) is 0 Å². The van der Waals surface area contributed by atoms with E-state index in [1.54, 1.807) is 36.7 Å². The zero-order chi connectivity index (χ0) is 11.2. The Morgan fingerprint density at radius 2 is 2.13 bits per heavy atom. The lowest BCUT2D eigenvalue weighted by Gasteiger charge is -2.05. The molecule has 0 amide bonds. The van der Waals surface area contributed by atoms with E-state index in [1.807, 2.05) is 0 Å². The van der Waals surface area contributed by atoms with Crippen molar-refractivity contribution in [2.75, 3.05) is 0 Å². The standard InChI is InChI=1S/C11H10ClNO2/c1-6-8-5-7(12)3-4-9(8)13(2)10(6)11(14)15/h3-5H,1-2H3,(H,14,15)/p-1. The molecule has 0 unspecified atom stereocenters. The molecule has 2 aromatic rings. The van der Waals surface area contributed by atoms with Crippen LogP contribution in [0.15, 0.2) is 18.2 Å². The molecule has 2 rings (SSSR count). The zero-order valence-electron chi connectivity index (χ0n) is 8.37. The number of fused-ring (bicyclic) bond motifs is 1. The molecule has 1 aromatic carbocycles. The fourth-order valence-electron chi connectivity index (χ4n) is 1.89. The Bertz CT molecular complexity index is 557. The Labute approximate surface area is 91.9 Å². The molecule has 3 nitrogen and oxygen atoms in total. The maximum atomic E-state index is 10.9. The van der Waals surface area contributed by atoms with Gasteiger partial charge in [-0.05, 0) is 30.7 Å². The van der Waals surface area contributed by atoms with E-state index in [1.165, 1.54) is 0 Å². The zero-order valence-corrected chi connectivity index (χ0v) is 9.13. The fourth-order valence-corrected chi connectivity index (χ4v) is 2.06. The maximum Gasteiger partial charge on any atom is 0.0883 e. The molecule has 0 saturated heterocycles. The lowest BCUT2D eigenvalue weighted by Crippen LogP contribution is -2.25. The first kappa shape index (κ1) is 10.1. The van der Waals surface area contributed by atoms with E-state index in [-0.39, 0.29) is 5.69 Å². The summed E-state index contributed by atoms with van der Waals surface area (Å²) in [6.45, 7) is 1.75. The molecular formula is C11H9ClNO2-. The lowest BCUT2D eigenvalue weighted by molar-refractivity contribution is -0.255. The second-order valence-corrected chi connectivity index (χ2v) is 3.92. The molecule has 0 aliphatic rings. The van der Waals surface area contributed by atoms with E-state index in [0.717, 1.165) is 10.9 Å². The third-order valence-electron chi connectivity index (χ3n) is 2.61. The molecule has 4 heteroatoms. The topological polar surface area (TPSA) is 45.1 Å². The monoisotopic (exact) mass is 222 g/mol. The van der Waals surface area contributed by atoms with Crippen molar-refractivity contribution in [2.24, 2.45) is 7.05 Å². The third kappa shape index (κ3) is 1.39. The molecular weight excluding hydrogens is 214 g/mol. The van der Waals surface area contributed by atoms with Crippen LogP contribution in [0.2, 0.25) is 5.02 Å². The lowest BCUT2D eigenvalue weighted by atomic mass is 10.1. The summed E-state index contributed by atoms with van der Waals surface area (Å²) >= 11 is 5.86. The number of hydrogen-bond acceptors (Lipinski definition) is 2. The Hall–Kier alpha value is -1.48. The molecule has 15 heavy (non-hydrogen) atoms. The first-order valence-corrected chi connectivity index (χ1v) is 4.86. The Morgan fingerprint density at radius 3 is 2.73 bits per heavy atom. The fraction of sp³-hybridized carbons (Fsp3) is 0.182. The number of aromatic nitrogens is 1. The highest BCUT2D eigenvalue weighted by atomic mass is 35.5. The third-order valence-corrected chi connectivity index (χ3v) is 2.84. The molecule has 0 N–H and O–H groups in total. The van der Waals surface area contributed by atoms with Crippen LogP contribution >= 0.6 is 11.6 Å². The first-order valence-electron chi connectivity index (χ1n) is 4.48. The number of carboxylic acid groups (broad SMARTS) is 1. The van der Waals surface area contributed by atoms with Crippen LogP contribution in [0, 0.1) is 6.92 Å². The number of aryl methyl sites for hydroxylation is 2. The molecule has 0 atom stereocenters. The van der Waals surface area contributed by atoms with Gasteiger partial charge < -0.3 is 14.5 Å². The predicted molar refractivity (Wildman–Crippen MR) is 57.0 cm³/mol. The van der Waals surface area contributed by atoms with Crippen LogP contribution in [0.3, 0.4) is 0 Å². The van der Waals surface area contributed by atoms with E-state index >= 15 is 0 Å². The second kappa shape index (κ2) is 3.28. The van der Waals surface area contributed by atoms with Gasteiger partial charge in [-0.15, -0.1) is 0 Å². The molecule has 0 aliphatic carbocycles. The minimum atomic E-state index is -1.16. The van der Waals surface area contributed by atoms with Crippen molar-refractivity contribution in [1.29, 1.82) is 0 Å². The summed E-state index contributed by atoms with van der Waals surface area (Å²) in [7, 11) is 1.70. The summed E-state index contributed by atoms with van der Waals surface area (Å²) in [5, 5.41) is 12.4. The van der Waals surface area contributed by atoms with Gasteiger partial charge in [-0.1, -0.05) is 11.6 Å². The van der Waals surface area contributed by atoms with Crippen molar-refractivity contribution in [3.05, 3.63) is 34.5 Å². The highest BCUT2D eigenvalue weighted by Gasteiger charge is 2.12. The molecule has 0 spiro atoms. The Balaban J connectivity index is 2.91. The Morgan fingerprint density at radius 1 is 1.47 bits per heavy atom. The highest BCUT2D eigenvalue weighted by molar-refractivity contribution is 6.31. The molecule has 0 saturated carbocycles. The average Bonchev–Trinajstić information content (AvgIpc) is 2.39. The maximum absolute atomic E-state index is 10.9. The largest absolute Gasteiger partial charge is 0.543 e. The Kier molecular flexibility index (Phi) is 2.20.